The van der Waals surface area contributed by atoms with Gasteiger partial charge in [-0.05, 0) is 53.2 Å². The molecule has 0 saturated carbocycles. The number of pyridine rings is 1. The minimum atomic E-state index is -0.0771. The van der Waals surface area contributed by atoms with Gasteiger partial charge < -0.3 is 14.8 Å². The first kappa shape index (κ1) is 17.1. The zero-order valence-corrected chi connectivity index (χ0v) is 15.9. The number of benzene rings is 1. The monoisotopic (exact) mass is 416 g/mol. The molecule has 6 nitrogen and oxygen atoms in total. The topological polar surface area (TPSA) is 69.4 Å². The van der Waals surface area contributed by atoms with Crippen molar-refractivity contribution < 1.29 is 14.8 Å². The number of ether oxygens (including phenoxy) is 2. The fourth-order valence-electron chi connectivity index (χ4n) is 3.01. The predicted octanol–water partition coefficient (Wildman–Crippen LogP) is 2.05. The third-order valence-corrected chi connectivity index (χ3v) is 4.92. The lowest BCUT2D eigenvalue weighted by atomic mass is 10.1. The van der Waals surface area contributed by atoms with Crippen molar-refractivity contribution in [3.05, 3.63) is 68.7 Å². The van der Waals surface area contributed by atoms with E-state index in [1.165, 1.54) is 4.40 Å². The Hall–Kier alpha value is -2.38. The highest BCUT2D eigenvalue weighted by atomic mass is 79.9. The van der Waals surface area contributed by atoms with Gasteiger partial charge in [0.25, 0.3) is 5.56 Å². The second kappa shape index (κ2) is 7.09. The van der Waals surface area contributed by atoms with Crippen molar-refractivity contribution in [2.45, 2.75) is 19.5 Å². The van der Waals surface area contributed by atoms with E-state index in [-0.39, 0.29) is 11.6 Å². The molecule has 134 valence electrons. The normalized spacial score (nSPS) is 14.4. The smallest absolute Gasteiger partial charge is 0.258 e. The molecule has 2 N–H and O–H groups in total. The van der Waals surface area contributed by atoms with Crippen molar-refractivity contribution >= 4 is 21.6 Å². The van der Waals surface area contributed by atoms with E-state index in [0.29, 0.717) is 25.4 Å². The van der Waals surface area contributed by atoms with Crippen LogP contribution in [0.15, 0.2) is 51.9 Å². The molecule has 3 aromatic rings. The number of halogens is 1. The zero-order chi connectivity index (χ0) is 18.1. The largest absolute Gasteiger partial charge is 0.486 e. The van der Waals surface area contributed by atoms with Crippen LogP contribution < -0.4 is 20.3 Å². The summed E-state index contributed by atoms with van der Waals surface area (Å²) in [4.78, 5) is 16.9. The second-order valence-electron chi connectivity index (χ2n) is 6.29. The molecule has 0 aliphatic carbocycles. The minimum Gasteiger partial charge on any atom is -0.486 e. The van der Waals surface area contributed by atoms with Crippen LogP contribution in [0.3, 0.4) is 0 Å². The molecule has 0 saturated heterocycles. The fraction of sp³-hybridized carbons (Fsp3) is 0.263. The molecule has 1 aliphatic heterocycles. The van der Waals surface area contributed by atoms with E-state index in [9.17, 15) is 4.79 Å². The van der Waals surface area contributed by atoms with E-state index in [2.05, 4.69) is 39.2 Å². The van der Waals surface area contributed by atoms with Gasteiger partial charge in [-0.25, -0.2) is 4.98 Å². The van der Waals surface area contributed by atoms with Crippen molar-refractivity contribution in [1.82, 2.24) is 9.38 Å². The third kappa shape index (κ3) is 3.45. The van der Waals surface area contributed by atoms with Gasteiger partial charge in [-0.1, -0.05) is 0 Å². The predicted molar refractivity (Wildman–Crippen MR) is 101 cm³/mol. The lowest BCUT2D eigenvalue weighted by Gasteiger charge is -2.20. The first-order chi connectivity index (χ1) is 12.6. The molecule has 1 aliphatic rings. The lowest BCUT2D eigenvalue weighted by molar-refractivity contribution is -0.708. The second-order valence-corrected chi connectivity index (χ2v) is 7.21. The van der Waals surface area contributed by atoms with Crippen LogP contribution in [0.2, 0.25) is 0 Å². The summed E-state index contributed by atoms with van der Waals surface area (Å²) in [6.45, 7) is 3.91. The van der Waals surface area contributed by atoms with Crippen molar-refractivity contribution in [2.75, 3.05) is 13.2 Å². The van der Waals surface area contributed by atoms with Gasteiger partial charge >= 0.3 is 0 Å². The van der Waals surface area contributed by atoms with Crippen molar-refractivity contribution in [3.8, 4) is 11.5 Å². The average molecular weight is 417 g/mol. The van der Waals surface area contributed by atoms with Gasteiger partial charge in [0.2, 0.25) is 0 Å². The summed E-state index contributed by atoms with van der Waals surface area (Å²) in [6.07, 6.45) is 1.73. The Kier molecular flexibility index (Phi) is 4.65. The molecule has 0 unspecified atom stereocenters. The van der Waals surface area contributed by atoms with Crippen LogP contribution in [0.5, 0.6) is 11.5 Å². The van der Waals surface area contributed by atoms with Gasteiger partial charge in [-0.3, -0.25) is 9.20 Å². The standard InChI is InChI=1S/C19H18BrN3O3/c1-12(13-2-4-16-17(8-13)26-7-6-25-16)21-10-15-9-19(24)23-11-14(20)3-5-18(23)22-15/h2-5,8-9,11-12,21H,6-7,10H2,1H3/p+1/t12-/m0/s1. The summed E-state index contributed by atoms with van der Waals surface area (Å²) in [6, 6.07) is 11.5. The zero-order valence-electron chi connectivity index (χ0n) is 14.3. The van der Waals surface area contributed by atoms with Crippen LogP contribution >= 0.6 is 15.9 Å². The molecule has 1 aromatic carbocycles. The molecule has 3 heterocycles. The molecule has 0 spiro atoms. The van der Waals surface area contributed by atoms with E-state index in [4.69, 9.17) is 9.47 Å². The van der Waals surface area contributed by atoms with Crippen LogP contribution in [0.1, 0.15) is 24.2 Å². The fourth-order valence-corrected chi connectivity index (χ4v) is 3.34. The van der Waals surface area contributed by atoms with Gasteiger partial charge in [-0.2, -0.15) is 0 Å². The number of hydrogen-bond donors (Lipinski definition) is 1. The maximum atomic E-state index is 12.3. The van der Waals surface area contributed by atoms with E-state index in [1.807, 2.05) is 24.3 Å². The number of hydrogen-bond acceptors (Lipinski definition) is 4. The molecule has 0 radical (unpaired) electrons. The Morgan fingerprint density at radius 3 is 2.85 bits per heavy atom. The maximum absolute atomic E-state index is 12.3. The number of aromatic nitrogens is 2. The highest BCUT2D eigenvalue weighted by Gasteiger charge is 2.16. The first-order valence-electron chi connectivity index (χ1n) is 8.51. The summed E-state index contributed by atoms with van der Waals surface area (Å²) in [5.41, 5.74) is 2.49. The first-order valence-corrected chi connectivity index (χ1v) is 9.30. The number of nitrogens with zero attached hydrogens (tertiary/aromatic N) is 2. The van der Waals surface area contributed by atoms with Gasteiger partial charge in [0, 0.05) is 22.3 Å². The molecule has 0 bridgehead atoms. The van der Waals surface area contributed by atoms with E-state index >= 15 is 0 Å². The molecule has 4 rings (SSSR count). The molecular weight excluding hydrogens is 398 g/mol. The molecule has 0 fully saturated rings. The summed E-state index contributed by atoms with van der Waals surface area (Å²) in [7, 11) is 0. The number of quaternary nitrogens is 1. The Morgan fingerprint density at radius 1 is 1.19 bits per heavy atom. The number of rotatable bonds is 4. The van der Waals surface area contributed by atoms with E-state index < -0.39 is 0 Å². The lowest BCUT2D eigenvalue weighted by Crippen LogP contribution is -2.83. The van der Waals surface area contributed by atoms with Crippen LogP contribution in [0, 0.1) is 0 Å². The Morgan fingerprint density at radius 2 is 2.00 bits per heavy atom. The number of nitrogens with two attached hydrogens (primary N) is 1. The van der Waals surface area contributed by atoms with Crippen LogP contribution in [0.25, 0.3) is 5.65 Å². The average Bonchev–Trinajstić information content (AvgIpc) is 2.66. The molecule has 7 heteroatoms. The SMILES string of the molecule is C[C@H]([NH2+]Cc1cc(=O)n2cc(Br)ccc2n1)c1ccc2c(c1)OCCO2. The van der Waals surface area contributed by atoms with Crippen LogP contribution in [0.4, 0.5) is 0 Å². The van der Waals surface area contributed by atoms with Gasteiger partial charge in [-0.15, -0.1) is 0 Å². The van der Waals surface area contributed by atoms with Gasteiger partial charge in [0.15, 0.2) is 11.5 Å². The van der Waals surface area contributed by atoms with Crippen LogP contribution in [-0.4, -0.2) is 22.6 Å². The molecule has 26 heavy (non-hydrogen) atoms. The molecule has 2 aromatic heterocycles. The summed E-state index contributed by atoms with van der Waals surface area (Å²) >= 11 is 3.37. The molecule has 0 amide bonds. The maximum Gasteiger partial charge on any atom is 0.258 e. The van der Waals surface area contributed by atoms with Crippen molar-refractivity contribution in [1.29, 1.82) is 0 Å². The molecule has 1 atom stereocenters. The highest BCUT2D eigenvalue weighted by molar-refractivity contribution is 9.10. The minimum absolute atomic E-state index is 0.0771. The van der Waals surface area contributed by atoms with Crippen molar-refractivity contribution in [2.24, 2.45) is 0 Å². The summed E-state index contributed by atoms with van der Waals surface area (Å²) in [5, 5.41) is 2.16. The summed E-state index contributed by atoms with van der Waals surface area (Å²) in [5.74, 6) is 1.59. The summed E-state index contributed by atoms with van der Waals surface area (Å²) < 4.78 is 13.6. The third-order valence-electron chi connectivity index (χ3n) is 4.45. The van der Waals surface area contributed by atoms with Crippen molar-refractivity contribution in [3.63, 3.8) is 0 Å². The Balaban J connectivity index is 1.51. The van der Waals surface area contributed by atoms with Gasteiger partial charge in [0.1, 0.15) is 37.1 Å². The highest BCUT2D eigenvalue weighted by Crippen LogP contribution is 2.31. The van der Waals surface area contributed by atoms with E-state index in [1.54, 1.807) is 12.3 Å². The molecular formula is C19H19BrN3O3+. The Labute approximate surface area is 158 Å². The van der Waals surface area contributed by atoms with Crippen LogP contribution in [-0.2, 0) is 6.54 Å². The Bertz CT molecular complexity index is 1020. The van der Waals surface area contributed by atoms with E-state index in [0.717, 1.165) is 27.2 Å². The van der Waals surface area contributed by atoms with Gasteiger partial charge in [0.05, 0.1) is 0 Å². The number of fused-ring (bicyclic) bond motifs is 2. The quantitative estimate of drug-likeness (QED) is 0.706.